The maximum absolute atomic E-state index is 5.15. The summed E-state index contributed by atoms with van der Waals surface area (Å²) in [5.74, 6) is 0. The van der Waals surface area contributed by atoms with Crippen molar-refractivity contribution < 1.29 is 4.74 Å². The second-order valence-corrected chi connectivity index (χ2v) is 5.96. The van der Waals surface area contributed by atoms with E-state index in [2.05, 4.69) is 37.9 Å². The van der Waals surface area contributed by atoms with Crippen LogP contribution >= 0.6 is 0 Å². The Bertz CT molecular complexity index is 193. The molecule has 0 aromatic carbocycles. The third kappa shape index (κ3) is 4.40. The number of hydrogen-bond donors (Lipinski definition) is 1. The van der Waals surface area contributed by atoms with E-state index in [4.69, 9.17) is 4.74 Å². The maximum atomic E-state index is 5.15. The lowest BCUT2D eigenvalue weighted by molar-refractivity contribution is 0.0886. The van der Waals surface area contributed by atoms with Crippen LogP contribution < -0.4 is 5.32 Å². The number of methoxy groups -OCH3 is 1. The molecule has 0 spiro atoms. The molecule has 1 heterocycles. The zero-order valence-electron chi connectivity index (χ0n) is 11.5. The van der Waals surface area contributed by atoms with Crippen LogP contribution in [0.5, 0.6) is 0 Å². The first-order valence-electron chi connectivity index (χ1n) is 6.43. The molecule has 1 atom stereocenters. The standard InChI is InChI=1S/C13H28N2O/c1-11(10-16-5)14-12-6-8-15(9-7-12)13(2,3)4/h11-12,14H,6-10H2,1-5H3. The van der Waals surface area contributed by atoms with Crippen molar-refractivity contribution in [1.82, 2.24) is 10.2 Å². The van der Waals surface area contributed by atoms with Gasteiger partial charge in [0.2, 0.25) is 0 Å². The summed E-state index contributed by atoms with van der Waals surface area (Å²) in [6.45, 7) is 12.3. The molecule has 1 aliphatic rings. The summed E-state index contributed by atoms with van der Waals surface area (Å²) in [5, 5.41) is 3.64. The van der Waals surface area contributed by atoms with E-state index in [1.807, 2.05) is 0 Å². The molecule has 0 amide bonds. The van der Waals surface area contributed by atoms with Gasteiger partial charge in [0.15, 0.2) is 0 Å². The highest BCUT2D eigenvalue weighted by molar-refractivity contribution is 4.85. The highest BCUT2D eigenvalue weighted by Gasteiger charge is 2.27. The lowest BCUT2D eigenvalue weighted by atomic mass is 9.97. The van der Waals surface area contributed by atoms with Crippen molar-refractivity contribution in [2.75, 3.05) is 26.8 Å². The smallest absolute Gasteiger partial charge is 0.0613 e. The molecule has 0 aliphatic carbocycles. The summed E-state index contributed by atoms with van der Waals surface area (Å²) in [6, 6.07) is 1.14. The Morgan fingerprint density at radius 2 is 1.88 bits per heavy atom. The number of ether oxygens (including phenoxy) is 1. The van der Waals surface area contributed by atoms with Gasteiger partial charge in [0.25, 0.3) is 0 Å². The number of rotatable bonds is 4. The molecule has 0 bridgehead atoms. The number of piperidine rings is 1. The summed E-state index contributed by atoms with van der Waals surface area (Å²) >= 11 is 0. The molecule has 1 aliphatic heterocycles. The Kier molecular flexibility index (Phi) is 5.22. The molecular formula is C13H28N2O. The van der Waals surface area contributed by atoms with Crippen LogP contribution in [0, 0.1) is 0 Å². The van der Waals surface area contributed by atoms with E-state index in [0.717, 1.165) is 6.61 Å². The Morgan fingerprint density at radius 1 is 1.31 bits per heavy atom. The molecule has 3 heteroatoms. The van der Waals surface area contributed by atoms with Crippen LogP contribution in [0.15, 0.2) is 0 Å². The second kappa shape index (κ2) is 5.99. The molecule has 1 N–H and O–H groups in total. The fraction of sp³-hybridized carbons (Fsp3) is 1.00. The first kappa shape index (κ1) is 13.9. The van der Waals surface area contributed by atoms with Crippen molar-refractivity contribution >= 4 is 0 Å². The number of hydrogen-bond acceptors (Lipinski definition) is 3. The predicted molar refractivity (Wildman–Crippen MR) is 68.8 cm³/mol. The minimum atomic E-state index is 0.323. The fourth-order valence-corrected chi connectivity index (χ4v) is 2.42. The summed E-state index contributed by atoms with van der Waals surface area (Å²) < 4.78 is 5.15. The van der Waals surface area contributed by atoms with Gasteiger partial charge in [0.05, 0.1) is 6.61 Å². The van der Waals surface area contributed by atoms with Crippen LogP contribution in [-0.2, 0) is 4.74 Å². The Labute approximate surface area is 101 Å². The van der Waals surface area contributed by atoms with Crippen LogP contribution in [-0.4, -0.2) is 49.3 Å². The van der Waals surface area contributed by atoms with Crippen molar-refractivity contribution in [2.45, 2.75) is 58.2 Å². The van der Waals surface area contributed by atoms with Gasteiger partial charge in [0, 0.05) is 37.8 Å². The van der Waals surface area contributed by atoms with E-state index < -0.39 is 0 Å². The van der Waals surface area contributed by atoms with Crippen LogP contribution in [0.2, 0.25) is 0 Å². The molecule has 0 aromatic heterocycles. The molecule has 1 unspecified atom stereocenters. The largest absolute Gasteiger partial charge is 0.383 e. The van der Waals surface area contributed by atoms with Crippen molar-refractivity contribution in [3.05, 3.63) is 0 Å². The fourth-order valence-electron chi connectivity index (χ4n) is 2.42. The van der Waals surface area contributed by atoms with Gasteiger partial charge < -0.3 is 10.1 Å². The third-order valence-electron chi connectivity index (χ3n) is 3.38. The first-order valence-corrected chi connectivity index (χ1v) is 6.43. The molecule has 3 nitrogen and oxygen atoms in total. The first-order chi connectivity index (χ1) is 7.43. The number of likely N-dealkylation sites (tertiary alicyclic amines) is 1. The van der Waals surface area contributed by atoms with Crippen molar-refractivity contribution in [3.8, 4) is 0 Å². The minimum absolute atomic E-state index is 0.323. The molecule has 0 radical (unpaired) electrons. The summed E-state index contributed by atoms with van der Waals surface area (Å²) in [4.78, 5) is 2.58. The van der Waals surface area contributed by atoms with Gasteiger partial charge in [-0.05, 0) is 40.5 Å². The van der Waals surface area contributed by atoms with Crippen LogP contribution in [0.1, 0.15) is 40.5 Å². The van der Waals surface area contributed by atoms with E-state index in [9.17, 15) is 0 Å². The van der Waals surface area contributed by atoms with Gasteiger partial charge in [-0.3, -0.25) is 4.90 Å². The monoisotopic (exact) mass is 228 g/mol. The molecule has 1 saturated heterocycles. The van der Waals surface area contributed by atoms with Crippen LogP contribution in [0.3, 0.4) is 0 Å². The highest BCUT2D eigenvalue weighted by Crippen LogP contribution is 2.20. The van der Waals surface area contributed by atoms with E-state index in [-0.39, 0.29) is 0 Å². The van der Waals surface area contributed by atoms with E-state index in [1.54, 1.807) is 7.11 Å². The number of nitrogens with one attached hydrogen (secondary N) is 1. The third-order valence-corrected chi connectivity index (χ3v) is 3.38. The molecule has 1 rings (SSSR count). The quantitative estimate of drug-likeness (QED) is 0.795. The molecular weight excluding hydrogens is 200 g/mol. The average molecular weight is 228 g/mol. The van der Waals surface area contributed by atoms with Crippen molar-refractivity contribution in [3.63, 3.8) is 0 Å². The van der Waals surface area contributed by atoms with Gasteiger partial charge in [-0.15, -0.1) is 0 Å². The Balaban J connectivity index is 2.27. The maximum Gasteiger partial charge on any atom is 0.0613 e. The van der Waals surface area contributed by atoms with Gasteiger partial charge in [-0.2, -0.15) is 0 Å². The SMILES string of the molecule is COCC(C)NC1CCN(C(C)(C)C)CC1. The topological polar surface area (TPSA) is 24.5 Å². The second-order valence-electron chi connectivity index (χ2n) is 5.96. The molecule has 0 aromatic rings. The van der Waals surface area contributed by atoms with Gasteiger partial charge in [0.1, 0.15) is 0 Å². The molecule has 96 valence electrons. The zero-order valence-corrected chi connectivity index (χ0v) is 11.5. The van der Waals surface area contributed by atoms with E-state index in [0.29, 0.717) is 17.6 Å². The van der Waals surface area contributed by atoms with Gasteiger partial charge >= 0.3 is 0 Å². The molecule has 16 heavy (non-hydrogen) atoms. The predicted octanol–water partition coefficient (Wildman–Crippen LogP) is 1.87. The van der Waals surface area contributed by atoms with Gasteiger partial charge in [-0.25, -0.2) is 0 Å². The summed E-state index contributed by atoms with van der Waals surface area (Å²) in [6.07, 6.45) is 2.51. The van der Waals surface area contributed by atoms with Crippen LogP contribution in [0.4, 0.5) is 0 Å². The summed E-state index contributed by atoms with van der Waals surface area (Å²) in [7, 11) is 1.76. The lowest BCUT2D eigenvalue weighted by Crippen LogP contribution is -2.51. The highest BCUT2D eigenvalue weighted by atomic mass is 16.5. The van der Waals surface area contributed by atoms with Crippen molar-refractivity contribution in [1.29, 1.82) is 0 Å². The minimum Gasteiger partial charge on any atom is -0.383 e. The Hall–Kier alpha value is -0.120. The van der Waals surface area contributed by atoms with E-state index >= 15 is 0 Å². The summed E-state index contributed by atoms with van der Waals surface area (Å²) in [5.41, 5.74) is 0.323. The molecule has 1 fully saturated rings. The van der Waals surface area contributed by atoms with Crippen molar-refractivity contribution in [2.24, 2.45) is 0 Å². The number of nitrogens with zero attached hydrogens (tertiary/aromatic N) is 1. The van der Waals surface area contributed by atoms with Crippen LogP contribution in [0.25, 0.3) is 0 Å². The molecule has 0 saturated carbocycles. The Morgan fingerprint density at radius 3 is 2.31 bits per heavy atom. The van der Waals surface area contributed by atoms with Gasteiger partial charge in [-0.1, -0.05) is 0 Å². The normalized spacial score (nSPS) is 22.3. The average Bonchev–Trinajstić information content (AvgIpc) is 2.17. The van der Waals surface area contributed by atoms with E-state index in [1.165, 1.54) is 25.9 Å². The lowest BCUT2D eigenvalue weighted by Gasteiger charge is -2.41. The zero-order chi connectivity index (χ0) is 12.2.